The van der Waals surface area contributed by atoms with Gasteiger partial charge in [0.25, 0.3) is 0 Å². The van der Waals surface area contributed by atoms with E-state index in [1.807, 2.05) is 6.92 Å². The number of aromatic nitrogens is 2. The summed E-state index contributed by atoms with van der Waals surface area (Å²) < 4.78 is 22.6. The second-order valence-electron chi connectivity index (χ2n) is 6.31. The molecule has 1 amide bonds. The number of anilines is 2. The van der Waals surface area contributed by atoms with Gasteiger partial charge >= 0.3 is 0 Å². The first kappa shape index (κ1) is 19.2. The molecule has 0 aliphatic carbocycles. The lowest BCUT2D eigenvalue weighted by Crippen LogP contribution is -2.53. The molecule has 0 saturated carbocycles. The summed E-state index contributed by atoms with van der Waals surface area (Å²) >= 11 is 0. The van der Waals surface area contributed by atoms with Crippen LogP contribution in [-0.4, -0.2) is 61.4 Å². The van der Waals surface area contributed by atoms with Gasteiger partial charge in [0.15, 0.2) is 0 Å². The van der Waals surface area contributed by atoms with Crippen LogP contribution in [0.5, 0.6) is 0 Å². The minimum Gasteiger partial charge on any atom is -0.338 e. The molecule has 1 aliphatic rings. The predicted molar refractivity (Wildman–Crippen MR) is 102 cm³/mol. The van der Waals surface area contributed by atoms with Crippen molar-refractivity contribution in [2.75, 3.05) is 36.4 Å². The number of carbonyl (C=O) groups excluding carboxylic acids is 1. The van der Waals surface area contributed by atoms with E-state index in [2.05, 4.69) is 25.1 Å². The Morgan fingerprint density at radius 2 is 1.70 bits per heavy atom. The Morgan fingerprint density at radius 1 is 1.11 bits per heavy atom. The number of rotatable bonds is 5. The van der Waals surface area contributed by atoms with Crippen LogP contribution >= 0.6 is 0 Å². The molecular weight excluding hydrogens is 368 g/mol. The zero-order valence-corrected chi connectivity index (χ0v) is 15.8. The van der Waals surface area contributed by atoms with Gasteiger partial charge < -0.3 is 10.2 Å². The topological polar surface area (TPSA) is 122 Å². The molecule has 1 atom stereocenters. The van der Waals surface area contributed by atoms with E-state index in [1.165, 1.54) is 24.3 Å². The quantitative estimate of drug-likeness (QED) is 0.752. The third kappa shape index (κ3) is 4.79. The molecule has 2 aromatic rings. The molecule has 144 valence electrons. The number of primary sulfonamides is 1. The van der Waals surface area contributed by atoms with Crippen molar-refractivity contribution in [2.24, 2.45) is 5.14 Å². The van der Waals surface area contributed by atoms with Crippen LogP contribution in [0.3, 0.4) is 0 Å². The molecule has 0 bridgehead atoms. The molecule has 1 aliphatic heterocycles. The molecule has 0 radical (unpaired) electrons. The second kappa shape index (κ2) is 7.99. The van der Waals surface area contributed by atoms with Crippen LogP contribution in [0.2, 0.25) is 0 Å². The van der Waals surface area contributed by atoms with Crippen LogP contribution in [0.25, 0.3) is 0 Å². The summed E-state index contributed by atoms with van der Waals surface area (Å²) in [5, 5.41) is 7.88. The van der Waals surface area contributed by atoms with Gasteiger partial charge in [0.2, 0.25) is 21.9 Å². The molecule has 1 unspecified atom stereocenters. The van der Waals surface area contributed by atoms with Crippen molar-refractivity contribution in [3.8, 4) is 0 Å². The molecule has 1 aromatic heterocycles. The summed E-state index contributed by atoms with van der Waals surface area (Å²) in [5.74, 6) is 0.548. The number of nitrogens with two attached hydrogens (primary N) is 1. The number of benzene rings is 1. The molecule has 3 N–H and O–H groups in total. The highest BCUT2D eigenvalue weighted by atomic mass is 32.2. The summed E-state index contributed by atoms with van der Waals surface area (Å²) in [7, 11) is -3.75. The van der Waals surface area contributed by atoms with Crippen molar-refractivity contribution in [3.63, 3.8) is 0 Å². The van der Waals surface area contributed by atoms with E-state index in [1.54, 1.807) is 18.5 Å². The first-order valence-electron chi connectivity index (χ1n) is 8.54. The van der Waals surface area contributed by atoms with E-state index >= 15 is 0 Å². The number of sulfonamides is 1. The molecular formula is C17H22N6O3S. The second-order valence-corrected chi connectivity index (χ2v) is 7.87. The van der Waals surface area contributed by atoms with Gasteiger partial charge in [-0.05, 0) is 37.3 Å². The smallest absolute Gasteiger partial charge is 0.241 e. The molecule has 10 heteroatoms. The third-order valence-corrected chi connectivity index (χ3v) is 5.46. The Hall–Kier alpha value is -2.56. The van der Waals surface area contributed by atoms with Gasteiger partial charge in [0.05, 0.1) is 10.9 Å². The first-order chi connectivity index (χ1) is 12.8. The first-order valence-corrected chi connectivity index (χ1v) is 10.1. The molecule has 27 heavy (non-hydrogen) atoms. The van der Waals surface area contributed by atoms with Gasteiger partial charge in [-0.2, -0.15) is 0 Å². The van der Waals surface area contributed by atoms with Gasteiger partial charge in [0.1, 0.15) is 0 Å². The Morgan fingerprint density at radius 3 is 2.26 bits per heavy atom. The largest absolute Gasteiger partial charge is 0.338 e. The van der Waals surface area contributed by atoms with Gasteiger partial charge in [-0.25, -0.2) is 23.5 Å². The fourth-order valence-corrected chi connectivity index (χ4v) is 3.42. The number of carbonyl (C=O) groups is 1. The van der Waals surface area contributed by atoms with Gasteiger partial charge in [-0.3, -0.25) is 9.69 Å². The van der Waals surface area contributed by atoms with Crippen LogP contribution in [0.4, 0.5) is 11.6 Å². The van der Waals surface area contributed by atoms with Crippen LogP contribution in [0.15, 0.2) is 47.6 Å². The van der Waals surface area contributed by atoms with Crippen LogP contribution in [0, 0.1) is 0 Å². The molecule has 3 rings (SSSR count). The molecule has 2 heterocycles. The van der Waals surface area contributed by atoms with Crippen LogP contribution in [0.1, 0.15) is 6.92 Å². The van der Waals surface area contributed by atoms with Gasteiger partial charge in [0, 0.05) is 44.3 Å². The standard InChI is InChI=1S/C17H22N6O3S/c1-13(16(24)21-14-3-5-15(6-4-14)27(18,25)26)22-9-11-23(12-10-22)17-19-7-2-8-20-17/h2-8,13H,9-12H2,1H3,(H,21,24)(H2,18,25,26). The Labute approximate surface area is 158 Å². The minimum absolute atomic E-state index is 0.00722. The lowest BCUT2D eigenvalue weighted by Gasteiger charge is -2.37. The maximum atomic E-state index is 12.5. The maximum absolute atomic E-state index is 12.5. The highest BCUT2D eigenvalue weighted by Crippen LogP contribution is 2.15. The van der Waals surface area contributed by atoms with E-state index < -0.39 is 10.0 Å². The fourth-order valence-electron chi connectivity index (χ4n) is 2.90. The Balaban J connectivity index is 1.55. The number of hydrogen-bond donors (Lipinski definition) is 2. The van der Waals surface area contributed by atoms with Crippen LogP contribution < -0.4 is 15.4 Å². The zero-order chi connectivity index (χ0) is 19.4. The van der Waals surface area contributed by atoms with Gasteiger partial charge in [-0.1, -0.05) is 0 Å². The monoisotopic (exact) mass is 390 g/mol. The number of amides is 1. The van der Waals surface area contributed by atoms with Crippen molar-refractivity contribution in [3.05, 3.63) is 42.7 Å². The van der Waals surface area contributed by atoms with E-state index in [0.717, 1.165) is 26.2 Å². The normalized spacial score (nSPS) is 16.7. The summed E-state index contributed by atoms with van der Waals surface area (Å²) in [6.45, 7) is 4.77. The average Bonchev–Trinajstić information content (AvgIpc) is 2.68. The number of nitrogens with one attached hydrogen (secondary N) is 1. The molecule has 1 fully saturated rings. The van der Waals surface area contributed by atoms with E-state index in [-0.39, 0.29) is 16.8 Å². The predicted octanol–water partition coefficient (Wildman–Crippen LogP) is 0.273. The lowest BCUT2D eigenvalue weighted by atomic mass is 10.2. The lowest BCUT2D eigenvalue weighted by molar-refractivity contribution is -0.120. The summed E-state index contributed by atoms with van der Waals surface area (Å²) in [4.78, 5) is 25.2. The van der Waals surface area contributed by atoms with Crippen LogP contribution in [-0.2, 0) is 14.8 Å². The highest BCUT2D eigenvalue weighted by molar-refractivity contribution is 7.89. The summed E-state index contributed by atoms with van der Waals surface area (Å²) in [6.07, 6.45) is 3.43. The number of hydrogen-bond acceptors (Lipinski definition) is 7. The van der Waals surface area contributed by atoms with Crippen molar-refractivity contribution in [2.45, 2.75) is 17.9 Å². The molecule has 1 saturated heterocycles. The number of piperazine rings is 1. The Bertz CT molecular complexity index is 881. The zero-order valence-electron chi connectivity index (χ0n) is 14.9. The maximum Gasteiger partial charge on any atom is 0.241 e. The molecule has 1 aromatic carbocycles. The van der Waals surface area contributed by atoms with Crippen molar-refractivity contribution in [1.29, 1.82) is 0 Å². The van der Waals surface area contributed by atoms with Crippen molar-refractivity contribution >= 4 is 27.6 Å². The van der Waals surface area contributed by atoms with Crippen molar-refractivity contribution < 1.29 is 13.2 Å². The molecule has 0 spiro atoms. The van der Waals surface area contributed by atoms with Gasteiger partial charge in [-0.15, -0.1) is 0 Å². The fraction of sp³-hybridized carbons (Fsp3) is 0.353. The van der Waals surface area contributed by atoms with E-state index in [0.29, 0.717) is 11.6 Å². The molecule has 9 nitrogen and oxygen atoms in total. The number of nitrogens with zero attached hydrogens (tertiary/aromatic N) is 4. The SMILES string of the molecule is CC(C(=O)Nc1ccc(S(N)(=O)=O)cc1)N1CCN(c2ncccn2)CC1. The highest BCUT2D eigenvalue weighted by Gasteiger charge is 2.26. The van der Waals surface area contributed by atoms with Crippen molar-refractivity contribution in [1.82, 2.24) is 14.9 Å². The van der Waals surface area contributed by atoms with E-state index in [9.17, 15) is 13.2 Å². The Kier molecular flexibility index (Phi) is 5.68. The summed E-state index contributed by atoms with van der Waals surface area (Å²) in [5.41, 5.74) is 0.524. The average molecular weight is 390 g/mol. The summed E-state index contributed by atoms with van der Waals surface area (Å²) in [6, 6.07) is 7.25. The third-order valence-electron chi connectivity index (χ3n) is 4.53. The minimum atomic E-state index is -3.75. The van der Waals surface area contributed by atoms with E-state index in [4.69, 9.17) is 5.14 Å².